The van der Waals surface area contributed by atoms with Crippen LogP contribution in [0.2, 0.25) is 0 Å². The van der Waals surface area contributed by atoms with Gasteiger partial charge < -0.3 is 0 Å². The van der Waals surface area contributed by atoms with Crippen LogP contribution in [0.4, 0.5) is 119 Å². The molecule has 2 rings (SSSR count). The monoisotopic (exact) mass is 853 g/mol. The van der Waals surface area contributed by atoms with Gasteiger partial charge in [0.05, 0.1) is 11.1 Å². The molecule has 0 aliphatic heterocycles. The fourth-order valence-electron chi connectivity index (χ4n) is 3.94. The molecule has 0 amide bonds. The molecule has 54 heavy (non-hydrogen) atoms. The smallest absolute Gasteiger partial charge is 0.203 e. The first kappa shape index (κ1) is 48.5. The molecule has 0 aliphatic carbocycles. The summed E-state index contributed by atoms with van der Waals surface area (Å²) >= 11 is 0. The zero-order valence-electron chi connectivity index (χ0n) is 25.2. The van der Waals surface area contributed by atoms with Gasteiger partial charge in [0, 0.05) is 12.0 Å². The van der Waals surface area contributed by atoms with Crippen molar-refractivity contribution in [1.29, 1.82) is 0 Å². The van der Waals surface area contributed by atoms with Gasteiger partial charge in [-0.25, -0.2) is 35.1 Å². The summed E-state index contributed by atoms with van der Waals surface area (Å²) in [7, 11) is 0. The Kier molecular flexibility index (Phi) is 14.0. The van der Waals surface area contributed by atoms with E-state index in [0.717, 1.165) is 0 Å². The molecule has 0 unspecified atom stereocenters. The highest BCUT2D eigenvalue weighted by Gasteiger charge is 2.75. The summed E-state index contributed by atoms with van der Waals surface area (Å²) in [5.41, 5.74) is -14.2. The highest BCUT2D eigenvalue weighted by atomic mass is 19.4. The summed E-state index contributed by atoms with van der Waals surface area (Å²) in [4.78, 5) is 0. The molecule has 0 spiro atoms. The van der Waals surface area contributed by atoms with Crippen molar-refractivity contribution in [3.63, 3.8) is 0 Å². The second-order valence-electron chi connectivity index (χ2n) is 10.4. The van der Waals surface area contributed by atoms with Gasteiger partial charge in [0.1, 0.15) is 5.56 Å². The lowest BCUT2D eigenvalue weighted by molar-refractivity contribution is -0.370. The summed E-state index contributed by atoms with van der Waals surface area (Å²) in [6.45, 7) is 1.64. The fourth-order valence-corrected chi connectivity index (χ4v) is 3.94. The van der Waals surface area contributed by atoms with Crippen LogP contribution in [-0.4, -0.2) is 36.3 Å². The lowest BCUT2D eigenvalue weighted by atomic mass is 9.88. The zero-order valence-corrected chi connectivity index (χ0v) is 25.2. The van der Waals surface area contributed by atoms with Crippen molar-refractivity contribution in [3.8, 4) is 11.1 Å². The molecular formula is C26H14F27N. The van der Waals surface area contributed by atoms with E-state index in [1.165, 1.54) is 0 Å². The third kappa shape index (κ3) is 9.13. The summed E-state index contributed by atoms with van der Waals surface area (Å²) in [6, 6.07) is -13.0. The van der Waals surface area contributed by atoms with Crippen molar-refractivity contribution in [3.05, 3.63) is 57.7 Å². The van der Waals surface area contributed by atoms with Crippen LogP contribution >= 0.6 is 0 Å². The van der Waals surface area contributed by atoms with Crippen LogP contribution in [0.5, 0.6) is 0 Å². The van der Waals surface area contributed by atoms with Gasteiger partial charge in [0.2, 0.25) is 5.82 Å². The Morgan fingerprint density at radius 3 is 1.17 bits per heavy atom. The first-order valence-corrected chi connectivity index (χ1v) is 13.4. The van der Waals surface area contributed by atoms with Gasteiger partial charge in [-0.2, -0.15) is 88.7 Å². The van der Waals surface area contributed by atoms with Crippen LogP contribution < -0.4 is 5.32 Å². The Balaban J connectivity index is 0.000000567. The molecule has 2 aromatic carbocycles. The Morgan fingerprint density at radius 2 is 0.796 bits per heavy atom. The molecule has 0 atom stereocenters. The minimum absolute atomic E-state index is 0.0140. The summed E-state index contributed by atoms with van der Waals surface area (Å²) in [5.74, 6) is -46.0. The zero-order chi connectivity index (χ0) is 43.2. The Labute approximate surface area is 281 Å². The van der Waals surface area contributed by atoms with E-state index in [1.54, 1.807) is 6.92 Å². The van der Waals surface area contributed by atoms with Gasteiger partial charge in [-0.3, -0.25) is 0 Å². The van der Waals surface area contributed by atoms with Gasteiger partial charge in [-0.1, -0.05) is 26.2 Å². The molecule has 0 saturated heterocycles. The highest BCUT2D eigenvalue weighted by molar-refractivity contribution is 5.75. The first-order chi connectivity index (χ1) is 23.8. The average Bonchev–Trinajstić information content (AvgIpc) is 2.98. The molecule has 0 bridgehead atoms. The average molecular weight is 853 g/mol. The van der Waals surface area contributed by atoms with E-state index < -0.39 is 135 Å². The molecule has 0 radical (unpaired) electrons. The van der Waals surface area contributed by atoms with E-state index in [1.807, 2.05) is 0 Å². The molecule has 28 heteroatoms. The fraction of sp³-hybridized carbons (Fsp3) is 0.538. The molecule has 0 aliphatic rings. The maximum absolute atomic E-state index is 13.9. The maximum atomic E-state index is 13.9. The third-order valence-corrected chi connectivity index (χ3v) is 6.61. The first-order valence-electron chi connectivity index (χ1n) is 13.4. The van der Waals surface area contributed by atoms with Gasteiger partial charge in [0.15, 0.2) is 40.7 Å². The minimum atomic E-state index is -7.10. The number of nitrogens with one attached hydrogen (secondary N) is 1. The highest BCUT2D eigenvalue weighted by Crippen LogP contribution is 2.54. The van der Waals surface area contributed by atoms with Crippen molar-refractivity contribution in [1.82, 2.24) is 5.32 Å². The van der Waals surface area contributed by atoms with Crippen LogP contribution in [0.3, 0.4) is 0 Å². The molecule has 0 heterocycles. The lowest BCUT2D eigenvalue weighted by Gasteiger charge is -2.35. The SMILES string of the molecule is CCCCCCC(F)(F)C(F)(F)C(F)(F)NC(F)(F)C(F)(F)F.Fc1c(F)c(F)c(-c2c(C(F)(F)F)c(F)c(F)c(F)c2C(F)(F)C(F)(F)F)c(F)c1F. The molecule has 312 valence electrons. The van der Waals surface area contributed by atoms with Crippen LogP contribution in [0.15, 0.2) is 0 Å². The maximum Gasteiger partial charge on any atom is 0.469 e. The van der Waals surface area contributed by atoms with Gasteiger partial charge in [-0.15, -0.1) is 0 Å². The summed E-state index contributed by atoms with van der Waals surface area (Å²) in [6.07, 6.45) is -21.9. The quantitative estimate of drug-likeness (QED) is 0.0781. The van der Waals surface area contributed by atoms with Crippen LogP contribution in [-0.2, 0) is 12.1 Å². The van der Waals surface area contributed by atoms with Crippen molar-refractivity contribution in [2.45, 2.75) is 87.4 Å². The second-order valence-corrected chi connectivity index (χ2v) is 10.4. The molecule has 0 fully saturated rings. The number of halogens is 27. The van der Waals surface area contributed by atoms with E-state index in [-0.39, 0.29) is 6.42 Å². The predicted molar refractivity (Wildman–Crippen MR) is 124 cm³/mol. The van der Waals surface area contributed by atoms with Crippen LogP contribution in [0.1, 0.15) is 50.2 Å². The molecule has 1 N–H and O–H groups in total. The number of rotatable bonds is 11. The lowest BCUT2D eigenvalue weighted by Crippen LogP contribution is -2.67. The van der Waals surface area contributed by atoms with Crippen molar-refractivity contribution in [2.24, 2.45) is 0 Å². The Morgan fingerprint density at radius 1 is 0.407 bits per heavy atom. The number of hydrogen-bond donors (Lipinski definition) is 1. The van der Waals surface area contributed by atoms with Gasteiger partial charge in [0.25, 0.3) is 0 Å². The van der Waals surface area contributed by atoms with Crippen molar-refractivity contribution >= 4 is 0 Å². The second kappa shape index (κ2) is 15.6. The standard InChI is InChI=1S/C15F16.C11H14F11N/c16-5-2(6(17)10(21)12(23)9(5)20)1-3(13(24,25)15(29,30)31)7(18)11(22)8(19)4(1)14(26,27)28;1-2-3-4-5-6-7(12,13)8(14,15)10(19,20)23-11(21,22)9(16,17)18/h;23H,2-6H2,1H3. The third-order valence-electron chi connectivity index (χ3n) is 6.61. The van der Waals surface area contributed by atoms with E-state index in [4.69, 9.17) is 0 Å². The largest absolute Gasteiger partial charge is 0.469 e. The van der Waals surface area contributed by atoms with E-state index in [2.05, 4.69) is 0 Å². The number of benzene rings is 2. The molecule has 0 saturated carbocycles. The van der Waals surface area contributed by atoms with Gasteiger partial charge >= 0.3 is 48.4 Å². The van der Waals surface area contributed by atoms with Crippen molar-refractivity contribution in [2.75, 3.05) is 0 Å². The summed E-state index contributed by atoms with van der Waals surface area (Å²) in [5, 5.41) is -1.00. The summed E-state index contributed by atoms with van der Waals surface area (Å²) < 4.78 is 352. The van der Waals surface area contributed by atoms with Crippen LogP contribution in [0.25, 0.3) is 11.1 Å². The van der Waals surface area contributed by atoms with E-state index in [0.29, 0.717) is 12.8 Å². The molecule has 2 aromatic rings. The Hall–Kier alpha value is -3.49. The van der Waals surface area contributed by atoms with Crippen molar-refractivity contribution < 1.29 is 119 Å². The molecular weight excluding hydrogens is 839 g/mol. The molecule has 0 aromatic heterocycles. The number of unbranched alkanes of at least 4 members (excludes halogenated alkanes) is 3. The molecule has 1 nitrogen and oxygen atoms in total. The van der Waals surface area contributed by atoms with E-state index >= 15 is 0 Å². The van der Waals surface area contributed by atoms with E-state index in [9.17, 15) is 119 Å². The number of alkyl halides is 19. The van der Waals surface area contributed by atoms with Crippen LogP contribution in [0, 0.1) is 46.5 Å². The Bertz CT molecular complexity index is 1620. The number of hydrogen-bond acceptors (Lipinski definition) is 1. The topological polar surface area (TPSA) is 12.0 Å². The normalized spacial score (nSPS) is 14.0. The predicted octanol–water partition coefficient (Wildman–Crippen LogP) is 12.7. The minimum Gasteiger partial charge on any atom is -0.203 e. The van der Waals surface area contributed by atoms with Gasteiger partial charge in [-0.05, 0) is 6.42 Å².